The van der Waals surface area contributed by atoms with Crippen molar-refractivity contribution in [2.75, 3.05) is 19.6 Å². The number of aromatic nitrogens is 2. The van der Waals surface area contributed by atoms with Gasteiger partial charge in [0.1, 0.15) is 4.90 Å². The third-order valence-electron chi connectivity index (χ3n) is 3.99. The van der Waals surface area contributed by atoms with Crippen LogP contribution in [0.5, 0.6) is 0 Å². The summed E-state index contributed by atoms with van der Waals surface area (Å²) >= 11 is 0. The summed E-state index contributed by atoms with van der Waals surface area (Å²) in [6.45, 7) is 2.59. The molecule has 0 aliphatic heterocycles. The Morgan fingerprint density at radius 3 is 2.62 bits per heavy atom. The number of fused-ring (bicyclic) bond motifs is 1. The van der Waals surface area contributed by atoms with Gasteiger partial charge in [0.05, 0.1) is 17.3 Å². The molecule has 2 aromatic heterocycles. The molecular weight excluding hydrogens is 376 g/mol. The van der Waals surface area contributed by atoms with E-state index in [2.05, 4.69) is 10.1 Å². The zero-order valence-electron chi connectivity index (χ0n) is 14.3. The highest BCUT2D eigenvalue weighted by Crippen LogP contribution is 2.22. The maximum absolute atomic E-state index is 13.0. The quantitative estimate of drug-likeness (QED) is 0.656. The summed E-state index contributed by atoms with van der Waals surface area (Å²) in [4.78, 5) is 4.18. The van der Waals surface area contributed by atoms with E-state index in [-0.39, 0.29) is 30.4 Å². The molecule has 2 heterocycles. The summed E-state index contributed by atoms with van der Waals surface area (Å²) in [6.07, 6.45) is 1.91. The largest absolute Gasteiger partial charge is 0.336 e. The van der Waals surface area contributed by atoms with Gasteiger partial charge < -0.3 is 10.3 Å². The summed E-state index contributed by atoms with van der Waals surface area (Å²) < 4.78 is 32.4. The van der Waals surface area contributed by atoms with Crippen molar-refractivity contribution in [3.63, 3.8) is 0 Å². The number of rotatable bonds is 7. The van der Waals surface area contributed by atoms with Crippen molar-refractivity contribution in [3.05, 3.63) is 53.9 Å². The Bertz CT molecular complexity index is 961. The second-order valence-electron chi connectivity index (χ2n) is 5.72. The van der Waals surface area contributed by atoms with Crippen molar-refractivity contribution in [3.8, 4) is 0 Å². The van der Waals surface area contributed by atoms with Gasteiger partial charge in [-0.25, -0.2) is 13.4 Å². The first kappa shape index (κ1) is 20.3. The zero-order chi connectivity index (χ0) is 17.9. The number of halogens is 1. The third kappa shape index (κ3) is 4.21. The topological polar surface area (TPSA) is 102 Å². The van der Waals surface area contributed by atoms with Crippen molar-refractivity contribution in [1.29, 1.82) is 0 Å². The first-order chi connectivity index (χ1) is 12.0. The summed E-state index contributed by atoms with van der Waals surface area (Å²) in [6, 6.07) is 11.3. The molecule has 3 rings (SSSR count). The monoisotopic (exact) mass is 396 g/mol. The Morgan fingerprint density at radius 1 is 1.19 bits per heavy atom. The normalized spacial score (nSPS) is 11.7. The van der Waals surface area contributed by atoms with Crippen molar-refractivity contribution in [1.82, 2.24) is 14.4 Å². The molecule has 7 nitrogen and oxygen atoms in total. The van der Waals surface area contributed by atoms with E-state index in [0.717, 1.165) is 5.56 Å². The maximum Gasteiger partial charge on any atom is 0.257 e. The fraction of sp³-hybridized carbons (Fsp3) is 0.294. The van der Waals surface area contributed by atoms with Crippen molar-refractivity contribution < 1.29 is 12.9 Å². The molecule has 9 heteroatoms. The van der Waals surface area contributed by atoms with Crippen LogP contribution in [0.15, 0.2) is 52.0 Å². The maximum atomic E-state index is 13.0. The number of aryl methyl sites for hydroxylation is 1. The minimum atomic E-state index is -3.70. The van der Waals surface area contributed by atoms with Gasteiger partial charge in [-0.1, -0.05) is 35.5 Å². The number of benzene rings is 1. The smallest absolute Gasteiger partial charge is 0.257 e. The standard InChI is InChI=1S/C17H20N4O3S.ClH/c1-13-16-11-15(12-19-17(16)24-20-13)25(22,23)21(10-8-18)9-7-14-5-3-2-4-6-14;/h2-6,11-12H,7-10,18H2,1H3;1H. The third-order valence-corrected chi connectivity index (χ3v) is 5.86. The summed E-state index contributed by atoms with van der Waals surface area (Å²) in [5, 5.41) is 4.40. The lowest BCUT2D eigenvalue weighted by Crippen LogP contribution is -2.37. The fourth-order valence-electron chi connectivity index (χ4n) is 2.61. The van der Waals surface area contributed by atoms with Gasteiger partial charge in [-0.05, 0) is 25.0 Å². The second kappa shape index (κ2) is 8.59. The molecule has 0 aliphatic rings. The molecule has 3 aromatic rings. The van der Waals surface area contributed by atoms with Crippen LogP contribution in [-0.4, -0.2) is 42.5 Å². The molecule has 140 valence electrons. The molecule has 0 atom stereocenters. The summed E-state index contributed by atoms with van der Waals surface area (Å²) in [5.74, 6) is 0. The van der Waals surface area contributed by atoms with Gasteiger partial charge in [-0.2, -0.15) is 4.31 Å². The van der Waals surface area contributed by atoms with E-state index in [4.69, 9.17) is 10.3 Å². The average molecular weight is 397 g/mol. The highest BCUT2D eigenvalue weighted by molar-refractivity contribution is 7.89. The molecule has 0 saturated heterocycles. The van der Waals surface area contributed by atoms with E-state index >= 15 is 0 Å². The predicted molar refractivity (Wildman–Crippen MR) is 102 cm³/mol. The Labute approximate surface area is 158 Å². The van der Waals surface area contributed by atoms with E-state index in [0.29, 0.717) is 29.8 Å². The van der Waals surface area contributed by atoms with Crippen molar-refractivity contribution >= 4 is 33.5 Å². The lowest BCUT2D eigenvalue weighted by atomic mass is 10.1. The minimum absolute atomic E-state index is 0. The Morgan fingerprint density at radius 2 is 1.92 bits per heavy atom. The van der Waals surface area contributed by atoms with Crippen LogP contribution in [0.25, 0.3) is 11.1 Å². The molecule has 0 fully saturated rings. The highest BCUT2D eigenvalue weighted by atomic mass is 35.5. The van der Waals surface area contributed by atoms with Crippen molar-refractivity contribution in [2.45, 2.75) is 18.2 Å². The van der Waals surface area contributed by atoms with Crippen molar-refractivity contribution in [2.24, 2.45) is 5.73 Å². The van der Waals surface area contributed by atoms with Gasteiger partial charge in [0.2, 0.25) is 10.0 Å². The summed E-state index contributed by atoms with van der Waals surface area (Å²) in [5.41, 5.74) is 7.63. The van der Waals surface area contributed by atoms with E-state index in [1.54, 1.807) is 13.0 Å². The molecular formula is C17H21ClN4O3S. The second-order valence-corrected chi connectivity index (χ2v) is 7.66. The van der Waals surface area contributed by atoms with Gasteiger partial charge >= 0.3 is 0 Å². The van der Waals surface area contributed by atoms with Crippen LogP contribution >= 0.6 is 12.4 Å². The molecule has 0 spiro atoms. The number of sulfonamides is 1. The van der Waals surface area contributed by atoms with Crippen LogP contribution in [0.3, 0.4) is 0 Å². The molecule has 2 N–H and O–H groups in total. The fourth-order valence-corrected chi connectivity index (χ4v) is 4.04. The number of hydrogen-bond donors (Lipinski definition) is 1. The van der Waals surface area contributed by atoms with E-state index in [9.17, 15) is 8.42 Å². The lowest BCUT2D eigenvalue weighted by molar-refractivity contribution is 0.421. The molecule has 1 aromatic carbocycles. The first-order valence-corrected chi connectivity index (χ1v) is 9.42. The molecule has 0 unspecified atom stereocenters. The van der Waals surface area contributed by atoms with Gasteiger partial charge in [-0.3, -0.25) is 0 Å². The van der Waals surface area contributed by atoms with Crippen LogP contribution in [0.4, 0.5) is 0 Å². The Kier molecular flexibility index (Phi) is 6.71. The lowest BCUT2D eigenvalue weighted by Gasteiger charge is -2.21. The molecule has 0 saturated carbocycles. The number of hydrogen-bond acceptors (Lipinski definition) is 6. The van der Waals surface area contributed by atoms with Crippen LogP contribution in [0, 0.1) is 6.92 Å². The van der Waals surface area contributed by atoms with E-state index in [1.807, 2.05) is 30.3 Å². The minimum Gasteiger partial charge on any atom is -0.336 e. The van der Waals surface area contributed by atoms with Crippen LogP contribution in [0.2, 0.25) is 0 Å². The van der Waals surface area contributed by atoms with Gasteiger partial charge in [-0.15, -0.1) is 12.4 Å². The van der Waals surface area contributed by atoms with Crippen LogP contribution in [-0.2, 0) is 16.4 Å². The van der Waals surface area contributed by atoms with E-state index < -0.39 is 10.0 Å². The number of nitrogens with zero attached hydrogens (tertiary/aromatic N) is 3. The first-order valence-electron chi connectivity index (χ1n) is 7.98. The Balaban J connectivity index is 0.00000243. The van der Waals surface area contributed by atoms with Gasteiger partial charge in [0.25, 0.3) is 5.71 Å². The molecule has 0 amide bonds. The molecule has 0 radical (unpaired) electrons. The number of pyridine rings is 1. The van der Waals surface area contributed by atoms with Crippen LogP contribution in [0.1, 0.15) is 11.3 Å². The average Bonchev–Trinajstić information content (AvgIpc) is 3.00. The molecule has 0 aliphatic carbocycles. The Hall–Kier alpha value is -2.00. The zero-order valence-corrected chi connectivity index (χ0v) is 16.0. The van der Waals surface area contributed by atoms with E-state index in [1.165, 1.54) is 10.5 Å². The SMILES string of the molecule is Cc1noc2ncc(S(=O)(=O)N(CCN)CCc3ccccc3)cc12.Cl. The summed E-state index contributed by atoms with van der Waals surface area (Å²) in [7, 11) is -3.70. The van der Waals surface area contributed by atoms with Crippen LogP contribution < -0.4 is 5.73 Å². The highest BCUT2D eigenvalue weighted by Gasteiger charge is 2.25. The molecule has 0 bridgehead atoms. The predicted octanol–water partition coefficient (Wildman–Crippen LogP) is 2.15. The molecule has 26 heavy (non-hydrogen) atoms. The number of nitrogens with two attached hydrogens (primary N) is 1. The van der Waals surface area contributed by atoms with Gasteiger partial charge in [0, 0.05) is 19.6 Å². The van der Waals surface area contributed by atoms with Gasteiger partial charge in [0.15, 0.2) is 0 Å².